The van der Waals surface area contributed by atoms with Crippen LogP contribution in [0, 0.1) is 10.1 Å². The fourth-order valence-corrected chi connectivity index (χ4v) is 2.06. The number of aliphatic hydroxyl groups is 1. The Kier molecular flexibility index (Phi) is 7.66. The number of nitro groups is 1. The van der Waals surface area contributed by atoms with Gasteiger partial charge in [-0.3, -0.25) is 15.0 Å². The number of benzene rings is 1. The van der Waals surface area contributed by atoms with E-state index in [1.165, 1.54) is 6.07 Å². The van der Waals surface area contributed by atoms with Crippen molar-refractivity contribution in [3.05, 3.63) is 33.9 Å². The Balaban J connectivity index is 2.85. The van der Waals surface area contributed by atoms with Crippen LogP contribution >= 0.6 is 0 Å². The minimum absolute atomic E-state index is 0.0662. The van der Waals surface area contributed by atoms with Crippen LogP contribution < -0.4 is 5.32 Å². The van der Waals surface area contributed by atoms with Crippen molar-refractivity contribution < 1.29 is 14.8 Å². The molecule has 0 radical (unpaired) electrons. The molecule has 0 fully saturated rings. The second kappa shape index (κ2) is 9.28. The molecular formula is C14H23N3O4. The first kappa shape index (κ1) is 17.4. The van der Waals surface area contributed by atoms with Crippen molar-refractivity contribution in [2.24, 2.45) is 0 Å². The molecule has 21 heavy (non-hydrogen) atoms. The van der Waals surface area contributed by atoms with E-state index in [-0.39, 0.29) is 12.3 Å². The summed E-state index contributed by atoms with van der Waals surface area (Å²) in [6.45, 7) is 5.01. The summed E-state index contributed by atoms with van der Waals surface area (Å²) in [6.07, 6.45) is 0. The molecule has 7 heteroatoms. The highest BCUT2D eigenvalue weighted by Crippen LogP contribution is 2.25. The number of methoxy groups -OCH3 is 1. The topological polar surface area (TPSA) is 87.9 Å². The standard InChI is InChI=1S/C14H23N3O4/c1-3-15-13-10-12(4-5-14(13)17(19)20)11-16(6-8-18)7-9-21-2/h4-5,10,15,18H,3,6-9,11H2,1-2H3. The Hall–Kier alpha value is -1.70. The smallest absolute Gasteiger partial charge is 0.292 e. The first-order chi connectivity index (χ1) is 10.1. The maximum atomic E-state index is 11.0. The summed E-state index contributed by atoms with van der Waals surface area (Å²) in [4.78, 5) is 12.6. The molecule has 2 N–H and O–H groups in total. The van der Waals surface area contributed by atoms with E-state index in [4.69, 9.17) is 9.84 Å². The molecule has 0 amide bonds. The quantitative estimate of drug-likeness (QED) is 0.502. The highest BCUT2D eigenvalue weighted by Gasteiger charge is 2.14. The van der Waals surface area contributed by atoms with E-state index in [9.17, 15) is 10.1 Å². The molecule has 7 nitrogen and oxygen atoms in total. The molecule has 1 aromatic rings. The maximum Gasteiger partial charge on any atom is 0.292 e. The number of nitrogens with one attached hydrogen (secondary N) is 1. The largest absolute Gasteiger partial charge is 0.395 e. The predicted octanol–water partition coefficient (Wildman–Crippen LogP) is 1.47. The molecule has 0 aromatic heterocycles. The molecular weight excluding hydrogens is 274 g/mol. The summed E-state index contributed by atoms with van der Waals surface area (Å²) in [5, 5.41) is 23.1. The lowest BCUT2D eigenvalue weighted by Crippen LogP contribution is -2.29. The Labute approximate surface area is 124 Å². The van der Waals surface area contributed by atoms with Gasteiger partial charge in [-0.1, -0.05) is 6.07 Å². The van der Waals surface area contributed by atoms with Gasteiger partial charge in [0.25, 0.3) is 5.69 Å². The van der Waals surface area contributed by atoms with Crippen molar-refractivity contribution in [2.45, 2.75) is 13.5 Å². The highest BCUT2D eigenvalue weighted by molar-refractivity contribution is 5.62. The van der Waals surface area contributed by atoms with Crippen molar-refractivity contribution in [2.75, 3.05) is 45.3 Å². The fourth-order valence-electron chi connectivity index (χ4n) is 2.06. The van der Waals surface area contributed by atoms with Crippen LogP contribution in [0.15, 0.2) is 18.2 Å². The minimum Gasteiger partial charge on any atom is -0.395 e. The molecule has 0 bridgehead atoms. The van der Waals surface area contributed by atoms with Gasteiger partial charge in [-0.2, -0.15) is 0 Å². The molecule has 0 heterocycles. The van der Waals surface area contributed by atoms with Crippen LogP contribution in [0.2, 0.25) is 0 Å². The molecule has 118 valence electrons. The van der Waals surface area contributed by atoms with Crippen molar-refractivity contribution in [3.63, 3.8) is 0 Å². The van der Waals surface area contributed by atoms with Gasteiger partial charge in [0.2, 0.25) is 0 Å². The van der Waals surface area contributed by atoms with Crippen molar-refractivity contribution in [3.8, 4) is 0 Å². The van der Waals surface area contributed by atoms with Gasteiger partial charge in [-0.05, 0) is 18.6 Å². The van der Waals surface area contributed by atoms with Gasteiger partial charge >= 0.3 is 0 Å². The Morgan fingerprint density at radius 1 is 1.43 bits per heavy atom. The van der Waals surface area contributed by atoms with E-state index in [1.807, 2.05) is 11.8 Å². The van der Waals surface area contributed by atoms with Gasteiger partial charge in [0, 0.05) is 39.4 Å². The normalized spacial score (nSPS) is 10.9. The van der Waals surface area contributed by atoms with Crippen LogP contribution in [0.25, 0.3) is 0 Å². The van der Waals surface area contributed by atoms with Crippen LogP contribution in [0.1, 0.15) is 12.5 Å². The third-order valence-corrected chi connectivity index (χ3v) is 3.06. The average Bonchev–Trinajstić information content (AvgIpc) is 2.45. The molecule has 0 aliphatic heterocycles. The lowest BCUT2D eigenvalue weighted by molar-refractivity contribution is -0.384. The zero-order chi connectivity index (χ0) is 15.7. The second-order valence-electron chi connectivity index (χ2n) is 4.63. The summed E-state index contributed by atoms with van der Waals surface area (Å²) in [5.41, 5.74) is 1.56. The summed E-state index contributed by atoms with van der Waals surface area (Å²) < 4.78 is 5.04. The summed E-state index contributed by atoms with van der Waals surface area (Å²) in [6, 6.07) is 5.05. The maximum absolute atomic E-state index is 11.0. The zero-order valence-corrected chi connectivity index (χ0v) is 12.5. The van der Waals surface area contributed by atoms with Crippen LogP contribution in [0.3, 0.4) is 0 Å². The molecule has 0 unspecified atom stereocenters. The van der Waals surface area contributed by atoms with Gasteiger partial charge in [0.1, 0.15) is 5.69 Å². The number of anilines is 1. The van der Waals surface area contributed by atoms with Crippen LogP contribution in [0.4, 0.5) is 11.4 Å². The first-order valence-corrected chi connectivity index (χ1v) is 6.95. The van der Waals surface area contributed by atoms with E-state index in [2.05, 4.69) is 5.32 Å². The number of ether oxygens (including phenoxy) is 1. The van der Waals surface area contributed by atoms with Gasteiger partial charge in [-0.25, -0.2) is 0 Å². The number of hydrogen-bond donors (Lipinski definition) is 2. The number of aliphatic hydroxyl groups excluding tert-OH is 1. The van der Waals surface area contributed by atoms with Crippen LogP contribution in [-0.4, -0.2) is 54.9 Å². The van der Waals surface area contributed by atoms with E-state index in [0.717, 1.165) is 5.56 Å². The van der Waals surface area contributed by atoms with E-state index in [0.29, 0.717) is 38.5 Å². The van der Waals surface area contributed by atoms with Gasteiger partial charge in [0.05, 0.1) is 18.1 Å². The molecule has 0 aliphatic carbocycles. The summed E-state index contributed by atoms with van der Waals surface area (Å²) in [7, 11) is 1.63. The van der Waals surface area contributed by atoms with Gasteiger partial charge in [0.15, 0.2) is 0 Å². The lowest BCUT2D eigenvalue weighted by atomic mass is 10.1. The number of nitro benzene ring substituents is 1. The van der Waals surface area contributed by atoms with Crippen LogP contribution in [0.5, 0.6) is 0 Å². The average molecular weight is 297 g/mol. The Morgan fingerprint density at radius 2 is 2.19 bits per heavy atom. The first-order valence-electron chi connectivity index (χ1n) is 6.95. The zero-order valence-electron chi connectivity index (χ0n) is 12.5. The Morgan fingerprint density at radius 3 is 2.76 bits per heavy atom. The lowest BCUT2D eigenvalue weighted by Gasteiger charge is -2.21. The molecule has 1 aromatic carbocycles. The minimum atomic E-state index is -0.391. The third kappa shape index (κ3) is 5.66. The highest BCUT2D eigenvalue weighted by atomic mass is 16.6. The van der Waals surface area contributed by atoms with Crippen molar-refractivity contribution in [1.82, 2.24) is 4.90 Å². The molecule has 0 spiro atoms. The predicted molar refractivity (Wildman–Crippen MR) is 81.5 cm³/mol. The van der Waals surface area contributed by atoms with Gasteiger partial charge < -0.3 is 15.2 Å². The fraction of sp³-hybridized carbons (Fsp3) is 0.571. The van der Waals surface area contributed by atoms with E-state index >= 15 is 0 Å². The SMILES string of the molecule is CCNc1cc(CN(CCO)CCOC)ccc1[N+](=O)[O-]. The van der Waals surface area contributed by atoms with E-state index in [1.54, 1.807) is 19.2 Å². The molecule has 0 saturated heterocycles. The molecule has 0 saturated carbocycles. The monoisotopic (exact) mass is 297 g/mol. The molecule has 0 atom stereocenters. The van der Waals surface area contributed by atoms with Crippen LogP contribution in [-0.2, 0) is 11.3 Å². The number of hydrogen-bond acceptors (Lipinski definition) is 6. The summed E-state index contributed by atoms with van der Waals surface area (Å²) >= 11 is 0. The second-order valence-corrected chi connectivity index (χ2v) is 4.63. The number of rotatable bonds is 10. The molecule has 0 aliphatic rings. The molecule has 1 rings (SSSR count). The van der Waals surface area contributed by atoms with E-state index < -0.39 is 4.92 Å². The number of nitrogens with zero attached hydrogens (tertiary/aromatic N) is 2. The summed E-state index contributed by atoms with van der Waals surface area (Å²) in [5.74, 6) is 0. The van der Waals surface area contributed by atoms with Gasteiger partial charge in [-0.15, -0.1) is 0 Å². The Bertz CT molecular complexity index is 454. The van der Waals surface area contributed by atoms with Crippen molar-refractivity contribution in [1.29, 1.82) is 0 Å². The van der Waals surface area contributed by atoms with Crippen molar-refractivity contribution >= 4 is 11.4 Å². The third-order valence-electron chi connectivity index (χ3n) is 3.06.